The summed E-state index contributed by atoms with van der Waals surface area (Å²) in [4.78, 5) is 17.7. The number of hydrogen-bond acceptors (Lipinski definition) is 6. The van der Waals surface area contributed by atoms with Crippen LogP contribution in [-0.2, 0) is 18.1 Å². The molecule has 0 radical (unpaired) electrons. The Hall–Kier alpha value is -3.59. The molecule has 0 heterocycles. The highest BCUT2D eigenvalue weighted by Crippen LogP contribution is 2.26. The molecule has 0 aliphatic heterocycles. The van der Waals surface area contributed by atoms with Crippen LogP contribution in [0, 0.1) is 13.8 Å². The first-order valence-corrected chi connectivity index (χ1v) is 11.4. The maximum Gasteiger partial charge on any atom is 0.352 e. The molecular formula is C26H30ClN5O3. The molecule has 35 heavy (non-hydrogen) atoms. The molecule has 9 heteroatoms. The SMILES string of the molecule is CC(=NOCc1ccc(Cl)cc1)c1ccc(OCc2c(C)cccc2N(N)C(=O)N(C)N)c(C)c1. The van der Waals surface area contributed by atoms with Crippen LogP contribution in [-0.4, -0.2) is 23.8 Å². The molecule has 0 atom stereocenters. The monoisotopic (exact) mass is 495 g/mol. The van der Waals surface area contributed by atoms with Gasteiger partial charge < -0.3 is 9.57 Å². The number of benzene rings is 3. The smallest absolute Gasteiger partial charge is 0.352 e. The number of nitrogens with two attached hydrogens (primary N) is 2. The number of aryl methyl sites for hydroxylation is 2. The molecule has 184 valence electrons. The van der Waals surface area contributed by atoms with E-state index < -0.39 is 6.03 Å². The van der Waals surface area contributed by atoms with Crippen LogP contribution in [0.3, 0.4) is 0 Å². The van der Waals surface area contributed by atoms with Crippen LogP contribution in [0.2, 0.25) is 5.02 Å². The van der Waals surface area contributed by atoms with Gasteiger partial charge >= 0.3 is 6.03 Å². The maximum atomic E-state index is 12.2. The van der Waals surface area contributed by atoms with Crippen LogP contribution in [0.15, 0.2) is 65.8 Å². The van der Waals surface area contributed by atoms with Gasteiger partial charge in [0.25, 0.3) is 0 Å². The number of nitrogens with zero attached hydrogens (tertiary/aromatic N) is 3. The average Bonchev–Trinajstić information content (AvgIpc) is 2.84. The number of hydrazine groups is 2. The number of ether oxygens (including phenoxy) is 1. The van der Waals surface area contributed by atoms with Gasteiger partial charge in [-0.25, -0.2) is 21.5 Å². The lowest BCUT2D eigenvalue weighted by Gasteiger charge is -2.24. The molecule has 0 unspecified atom stereocenters. The Morgan fingerprint density at radius 1 is 1.00 bits per heavy atom. The number of oxime groups is 1. The average molecular weight is 496 g/mol. The fourth-order valence-corrected chi connectivity index (χ4v) is 3.52. The lowest BCUT2D eigenvalue weighted by atomic mass is 10.1. The van der Waals surface area contributed by atoms with E-state index in [1.807, 2.05) is 75.4 Å². The number of amides is 2. The van der Waals surface area contributed by atoms with Crippen LogP contribution in [0.4, 0.5) is 10.5 Å². The number of halogens is 1. The first-order chi connectivity index (χ1) is 16.7. The highest BCUT2D eigenvalue weighted by atomic mass is 35.5. The molecular weight excluding hydrogens is 466 g/mol. The van der Waals surface area contributed by atoms with Crippen molar-refractivity contribution in [3.05, 3.63) is 93.5 Å². The molecule has 0 spiro atoms. The van der Waals surface area contributed by atoms with Crippen LogP contribution in [0.25, 0.3) is 0 Å². The summed E-state index contributed by atoms with van der Waals surface area (Å²) in [6.07, 6.45) is 0. The molecule has 0 fully saturated rings. The van der Waals surface area contributed by atoms with Crippen LogP contribution < -0.4 is 21.4 Å². The molecule has 3 rings (SSSR count). The van der Waals surface area contributed by atoms with Crippen LogP contribution in [0.1, 0.15) is 34.7 Å². The maximum absolute atomic E-state index is 12.2. The number of anilines is 1. The Kier molecular flexibility index (Phi) is 8.70. The van der Waals surface area contributed by atoms with Gasteiger partial charge in [0.05, 0.1) is 11.4 Å². The molecule has 0 aliphatic rings. The van der Waals surface area contributed by atoms with Crippen molar-refractivity contribution in [2.45, 2.75) is 34.0 Å². The van der Waals surface area contributed by atoms with E-state index in [-0.39, 0.29) is 6.61 Å². The van der Waals surface area contributed by atoms with E-state index in [9.17, 15) is 4.79 Å². The number of hydrogen-bond donors (Lipinski definition) is 2. The predicted octanol–water partition coefficient (Wildman–Crippen LogP) is 5.08. The number of rotatable bonds is 8. The minimum atomic E-state index is -0.537. The highest BCUT2D eigenvalue weighted by molar-refractivity contribution is 6.30. The van der Waals surface area contributed by atoms with Gasteiger partial charge in [-0.1, -0.05) is 41.0 Å². The van der Waals surface area contributed by atoms with Crippen molar-refractivity contribution in [1.29, 1.82) is 0 Å². The Labute approximate surface area is 210 Å². The second-order valence-corrected chi connectivity index (χ2v) is 8.62. The van der Waals surface area contributed by atoms with E-state index in [4.69, 9.17) is 32.9 Å². The Morgan fingerprint density at radius 3 is 2.37 bits per heavy atom. The van der Waals surface area contributed by atoms with Gasteiger partial charge in [-0.15, -0.1) is 0 Å². The molecule has 0 saturated heterocycles. The zero-order valence-corrected chi connectivity index (χ0v) is 21.0. The van der Waals surface area contributed by atoms with Crippen molar-refractivity contribution in [3.63, 3.8) is 0 Å². The molecule has 0 aliphatic carbocycles. The van der Waals surface area contributed by atoms with E-state index in [1.165, 1.54) is 7.05 Å². The second kappa shape index (κ2) is 11.7. The lowest BCUT2D eigenvalue weighted by Crippen LogP contribution is -2.49. The van der Waals surface area contributed by atoms with E-state index in [1.54, 1.807) is 6.07 Å². The molecule has 0 saturated carbocycles. The third-order valence-electron chi connectivity index (χ3n) is 5.46. The Morgan fingerprint density at radius 2 is 1.71 bits per heavy atom. The van der Waals surface area contributed by atoms with E-state index >= 15 is 0 Å². The summed E-state index contributed by atoms with van der Waals surface area (Å²) < 4.78 is 6.10. The van der Waals surface area contributed by atoms with E-state index in [0.29, 0.717) is 23.1 Å². The quantitative estimate of drug-likeness (QED) is 0.196. The standard InChI is InChI=1S/C26H30ClN5O3/c1-17-6-5-7-24(32(29)26(33)31(4)28)23(17)16-34-25-13-10-21(14-18(25)2)19(3)30-35-15-20-8-11-22(27)12-9-20/h5-14H,15-16,28-29H2,1-4H3. The summed E-state index contributed by atoms with van der Waals surface area (Å²) in [5.41, 5.74) is 5.86. The topological polar surface area (TPSA) is 106 Å². The van der Waals surface area contributed by atoms with Gasteiger partial charge in [0.2, 0.25) is 0 Å². The van der Waals surface area contributed by atoms with E-state index in [0.717, 1.165) is 43.5 Å². The summed E-state index contributed by atoms with van der Waals surface area (Å²) in [5.74, 6) is 12.3. The van der Waals surface area contributed by atoms with Crippen molar-refractivity contribution in [2.24, 2.45) is 16.8 Å². The lowest BCUT2D eigenvalue weighted by molar-refractivity contribution is 0.130. The molecule has 4 N–H and O–H groups in total. The zero-order valence-electron chi connectivity index (χ0n) is 20.3. The van der Waals surface area contributed by atoms with Crippen LogP contribution in [0.5, 0.6) is 5.75 Å². The first kappa shape index (κ1) is 26.0. The van der Waals surface area contributed by atoms with Crippen molar-refractivity contribution < 1.29 is 14.4 Å². The van der Waals surface area contributed by atoms with Crippen molar-refractivity contribution in [2.75, 3.05) is 12.1 Å². The van der Waals surface area contributed by atoms with Gasteiger partial charge in [-0.05, 0) is 79.4 Å². The summed E-state index contributed by atoms with van der Waals surface area (Å²) >= 11 is 5.91. The summed E-state index contributed by atoms with van der Waals surface area (Å²) in [5, 5.41) is 6.86. The molecule has 3 aromatic rings. The largest absolute Gasteiger partial charge is 0.489 e. The van der Waals surface area contributed by atoms with Gasteiger partial charge in [0, 0.05) is 17.6 Å². The molecule has 8 nitrogen and oxygen atoms in total. The molecule has 3 aromatic carbocycles. The number of carbonyl (C=O) groups excluding carboxylic acids is 1. The molecule has 2 amide bonds. The third kappa shape index (κ3) is 6.73. The fourth-order valence-electron chi connectivity index (χ4n) is 3.40. The number of urea groups is 1. The van der Waals surface area contributed by atoms with Crippen LogP contribution >= 0.6 is 11.6 Å². The highest BCUT2D eigenvalue weighted by Gasteiger charge is 2.19. The zero-order chi connectivity index (χ0) is 25.5. The Balaban J connectivity index is 1.69. The van der Waals surface area contributed by atoms with Gasteiger partial charge in [0.1, 0.15) is 19.0 Å². The summed E-state index contributed by atoms with van der Waals surface area (Å²) in [6.45, 7) is 6.37. The van der Waals surface area contributed by atoms with Crippen molar-refractivity contribution >= 4 is 29.0 Å². The number of carbonyl (C=O) groups is 1. The fraction of sp³-hybridized carbons (Fsp3) is 0.231. The summed E-state index contributed by atoms with van der Waals surface area (Å²) in [6, 6.07) is 18.2. The molecule has 0 bridgehead atoms. The summed E-state index contributed by atoms with van der Waals surface area (Å²) in [7, 11) is 1.44. The van der Waals surface area contributed by atoms with Crippen molar-refractivity contribution in [1.82, 2.24) is 5.01 Å². The normalized spacial score (nSPS) is 11.2. The van der Waals surface area contributed by atoms with Gasteiger partial charge in [-0.2, -0.15) is 0 Å². The van der Waals surface area contributed by atoms with E-state index in [2.05, 4.69) is 5.16 Å². The minimum Gasteiger partial charge on any atom is -0.489 e. The van der Waals surface area contributed by atoms with Gasteiger partial charge in [-0.3, -0.25) is 5.01 Å². The van der Waals surface area contributed by atoms with Crippen molar-refractivity contribution in [3.8, 4) is 5.75 Å². The third-order valence-corrected chi connectivity index (χ3v) is 5.72. The van der Waals surface area contributed by atoms with Gasteiger partial charge in [0.15, 0.2) is 0 Å². The molecule has 0 aromatic heterocycles. The minimum absolute atomic E-state index is 0.231. The second-order valence-electron chi connectivity index (χ2n) is 8.18. The first-order valence-electron chi connectivity index (χ1n) is 11.0. The Bertz CT molecular complexity index is 1210. The predicted molar refractivity (Wildman–Crippen MR) is 139 cm³/mol.